The van der Waals surface area contributed by atoms with Gasteiger partial charge in [0.1, 0.15) is 0 Å². The zero-order valence-corrected chi connectivity index (χ0v) is 12.5. The van der Waals surface area contributed by atoms with Gasteiger partial charge in [-0.1, -0.05) is 0 Å². The van der Waals surface area contributed by atoms with E-state index in [0.29, 0.717) is 31.5 Å². The summed E-state index contributed by atoms with van der Waals surface area (Å²) < 4.78 is 76.3. The highest BCUT2D eigenvalue weighted by Crippen LogP contribution is 2.36. The number of rotatable bonds is 6. The van der Waals surface area contributed by atoms with Gasteiger partial charge in [-0.05, 0) is 37.6 Å². The third kappa shape index (κ3) is 6.00. The monoisotopic (exact) mass is 357 g/mol. The standard InChI is InChI=1S/C14H17F6N3O/c15-13(16,17)9-4-8(5-10(6-9)14(18,19)20)12(24)23-7-11(22)2-1-3-21/h4-6,11H,1-3,7,21-22H2,(H,23,24)/t11-/m1/s1. The molecule has 1 aromatic rings. The molecule has 0 aliphatic carbocycles. The van der Waals surface area contributed by atoms with Gasteiger partial charge in [-0.25, -0.2) is 0 Å². The molecule has 1 rings (SSSR count). The Bertz CT molecular complexity index is 538. The molecule has 0 aromatic heterocycles. The second kappa shape index (κ2) is 7.84. The van der Waals surface area contributed by atoms with Crippen molar-refractivity contribution in [3.63, 3.8) is 0 Å². The fourth-order valence-corrected chi connectivity index (χ4v) is 1.89. The molecule has 136 valence electrons. The number of nitrogens with one attached hydrogen (secondary N) is 1. The third-order valence-electron chi connectivity index (χ3n) is 3.15. The van der Waals surface area contributed by atoms with Crippen molar-refractivity contribution >= 4 is 5.91 Å². The van der Waals surface area contributed by atoms with Gasteiger partial charge in [0.15, 0.2) is 0 Å². The first-order chi connectivity index (χ1) is 10.9. The molecule has 0 saturated heterocycles. The van der Waals surface area contributed by atoms with Gasteiger partial charge in [-0.3, -0.25) is 4.79 Å². The first-order valence-corrected chi connectivity index (χ1v) is 6.98. The van der Waals surface area contributed by atoms with E-state index in [1.807, 2.05) is 0 Å². The Balaban J connectivity index is 2.99. The molecule has 10 heteroatoms. The lowest BCUT2D eigenvalue weighted by molar-refractivity contribution is -0.143. The molecule has 5 N–H and O–H groups in total. The van der Waals surface area contributed by atoms with Crippen LogP contribution in [0.25, 0.3) is 0 Å². The molecule has 24 heavy (non-hydrogen) atoms. The van der Waals surface area contributed by atoms with Gasteiger partial charge in [0.25, 0.3) is 5.91 Å². The van der Waals surface area contributed by atoms with Gasteiger partial charge in [0.05, 0.1) is 11.1 Å². The minimum Gasteiger partial charge on any atom is -0.350 e. The normalized spacial score (nSPS) is 13.7. The molecular formula is C14H17F6N3O. The van der Waals surface area contributed by atoms with E-state index >= 15 is 0 Å². The summed E-state index contributed by atoms with van der Waals surface area (Å²) in [5, 5.41) is 2.23. The second-order valence-electron chi connectivity index (χ2n) is 5.20. The first-order valence-electron chi connectivity index (χ1n) is 6.98. The topological polar surface area (TPSA) is 81.1 Å². The average molecular weight is 357 g/mol. The summed E-state index contributed by atoms with van der Waals surface area (Å²) >= 11 is 0. The quantitative estimate of drug-likeness (QED) is 0.685. The zero-order valence-electron chi connectivity index (χ0n) is 12.5. The van der Waals surface area contributed by atoms with E-state index in [0.717, 1.165) is 0 Å². The van der Waals surface area contributed by atoms with Gasteiger partial charge >= 0.3 is 12.4 Å². The maximum atomic E-state index is 12.7. The minimum atomic E-state index is -5.01. The van der Waals surface area contributed by atoms with Crippen LogP contribution in [0, 0.1) is 0 Å². The van der Waals surface area contributed by atoms with Crippen molar-refractivity contribution in [2.45, 2.75) is 31.2 Å². The molecule has 0 unspecified atom stereocenters. The lowest BCUT2D eigenvalue weighted by Gasteiger charge is -2.15. The number of nitrogens with two attached hydrogens (primary N) is 2. The Morgan fingerprint density at radius 2 is 1.54 bits per heavy atom. The van der Waals surface area contributed by atoms with E-state index in [4.69, 9.17) is 11.5 Å². The van der Waals surface area contributed by atoms with Crippen LogP contribution in [-0.2, 0) is 12.4 Å². The molecule has 1 atom stereocenters. The van der Waals surface area contributed by atoms with Crippen molar-refractivity contribution in [1.82, 2.24) is 5.32 Å². The SMILES string of the molecule is NCCC[C@@H](N)CNC(=O)c1cc(C(F)(F)F)cc(C(F)(F)F)c1. The summed E-state index contributed by atoms with van der Waals surface area (Å²) in [5.41, 5.74) is 7.11. The summed E-state index contributed by atoms with van der Waals surface area (Å²) in [4.78, 5) is 11.9. The third-order valence-corrected chi connectivity index (χ3v) is 3.15. The fraction of sp³-hybridized carbons (Fsp3) is 0.500. The van der Waals surface area contributed by atoms with Crippen molar-refractivity contribution in [2.75, 3.05) is 13.1 Å². The minimum absolute atomic E-state index is 0.0379. The van der Waals surface area contributed by atoms with Gasteiger partial charge in [0.2, 0.25) is 0 Å². The van der Waals surface area contributed by atoms with Crippen LogP contribution in [0.4, 0.5) is 26.3 Å². The van der Waals surface area contributed by atoms with Crippen LogP contribution in [0.5, 0.6) is 0 Å². The number of hydrogen-bond donors (Lipinski definition) is 3. The van der Waals surface area contributed by atoms with Crippen LogP contribution >= 0.6 is 0 Å². The Morgan fingerprint density at radius 1 is 1.04 bits per heavy atom. The maximum Gasteiger partial charge on any atom is 0.416 e. The molecule has 1 aromatic carbocycles. The van der Waals surface area contributed by atoms with Crippen molar-refractivity contribution in [1.29, 1.82) is 0 Å². The van der Waals surface area contributed by atoms with Gasteiger partial charge < -0.3 is 16.8 Å². The number of carbonyl (C=O) groups excluding carboxylic acids is 1. The van der Waals surface area contributed by atoms with E-state index in [-0.39, 0.29) is 12.6 Å². The molecule has 0 fully saturated rings. The van der Waals surface area contributed by atoms with E-state index in [9.17, 15) is 31.1 Å². The van der Waals surface area contributed by atoms with Crippen LogP contribution < -0.4 is 16.8 Å². The number of halogens is 6. The van der Waals surface area contributed by atoms with Crippen molar-refractivity contribution in [2.24, 2.45) is 11.5 Å². The maximum absolute atomic E-state index is 12.7. The number of amides is 1. The molecular weight excluding hydrogens is 340 g/mol. The second-order valence-corrected chi connectivity index (χ2v) is 5.20. The van der Waals surface area contributed by atoms with E-state index < -0.39 is 41.0 Å². The highest BCUT2D eigenvalue weighted by molar-refractivity contribution is 5.94. The highest BCUT2D eigenvalue weighted by Gasteiger charge is 2.37. The Morgan fingerprint density at radius 3 is 1.96 bits per heavy atom. The number of hydrogen-bond acceptors (Lipinski definition) is 3. The molecule has 0 spiro atoms. The van der Waals surface area contributed by atoms with E-state index in [2.05, 4.69) is 5.32 Å². The van der Waals surface area contributed by atoms with Crippen LogP contribution in [0.1, 0.15) is 34.3 Å². The average Bonchev–Trinajstić information content (AvgIpc) is 2.48. The molecule has 0 bridgehead atoms. The van der Waals surface area contributed by atoms with Crippen molar-refractivity contribution in [3.05, 3.63) is 34.9 Å². The Hall–Kier alpha value is -1.81. The molecule has 0 saturated carbocycles. The van der Waals surface area contributed by atoms with E-state index in [1.165, 1.54) is 0 Å². The lowest BCUT2D eigenvalue weighted by Crippen LogP contribution is -2.37. The molecule has 0 aliphatic rings. The molecule has 0 heterocycles. The van der Waals surface area contributed by atoms with Gasteiger partial charge in [-0.2, -0.15) is 26.3 Å². The smallest absolute Gasteiger partial charge is 0.350 e. The summed E-state index contributed by atoms with van der Waals surface area (Å²) in [5.74, 6) is -1.06. The summed E-state index contributed by atoms with van der Waals surface area (Å²) in [6.45, 7) is 0.292. The number of carbonyl (C=O) groups is 1. The van der Waals surface area contributed by atoms with Gasteiger partial charge in [-0.15, -0.1) is 0 Å². The molecule has 4 nitrogen and oxygen atoms in total. The largest absolute Gasteiger partial charge is 0.416 e. The number of benzene rings is 1. The molecule has 0 radical (unpaired) electrons. The summed E-state index contributed by atoms with van der Waals surface area (Å²) in [7, 11) is 0. The zero-order chi connectivity index (χ0) is 18.5. The van der Waals surface area contributed by atoms with Crippen LogP contribution in [0.15, 0.2) is 18.2 Å². The van der Waals surface area contributed by atoms with Crippen molar-refractivity contribution < 1.29 is 31.1 Å². The summed E-state index contributed by atoms with van der Waals surface area (Å²) in [6.07, 6.45) is -8.96. The lowest BCUT2D eigenvalue weighted by atomic mass is 10.0. The Labute approximate surface area is 134 Å². The predicted octanol–water partition coefficient (Wildman–Crippen LogP) is 2.52. The van der Waals surface area contributed by atoms with Crippen molar-refractivity contribution in [3.8, 4) is 0 Å². The van der Waals surface area contributed by atoms with Crippen LogP contribution in [0.2, 0.25) is 0 Å². The first kappa shape index (κ1) is 20.2. The number of alkyl halides is 6. The molecule has 0 aliphatic heterocycles. The van der Waals surface area contributed by atoms with Crippen LogP contribution in [0.3, 0.4) is 0 Å². The fourth-order valence-electron chi connectivity index (χ4n) is 1.89. The predicted molar refractivity (Wildman–Crippen MR) is 75.0 cm³/mol. The van der Waals surface area contributed by atoms with E-state index in [1.54, 1.807) is 0 Å². The van der Waals surface area contributed by atoms with Gasteiger partial charge in [0, 0.05) is 18.2 Å². The summed E-state index contributed by atoms with van der Waals surface area (Å²) in [6, 6.07) is 0.209. The molecule has 1 amide bonds. The van der Waals surface area contributed by atoms with Crippen LogP contribution in [-0.4, -0.2) is 25.0 Å². The highest BCUT2D eigenvalue weighted by atomic mass is 19.4. The Kier molecular flexibility index (Phi) is 6.61.